The highest BCUT2D eigenvalue weighted by Gasteiger charge is 2.10. The fraction of sp³-hybridized carbons (Fsp3) is 0.231. The van der Waals surface area contributed by atoms with Crippen LogP contribution in [-0.4, -0.2) is 16.3 Å². The Morgan fingerprint density at radius 3 is 2.47 bits per heavy atom. The van der Waals surface area contributed by atoms with E-state index in [4.69, 9.17) is 5.73 Å². The maximum atomic E-state index is 9.84. The lowest BCUT2D eigenvalue weighted by Crippen LogP contribution is -2.17. The second-order valence-electron chi connectivity index (χ2n) is 4.12. The number of benzene rings is 2. The van der Waals surface area contributed by atoms with Gasteiger partial charge in [0, 0.05) is 16.8 Å². The van der Waals surface area contributed by atoms with Crippen LogP contribution in [0.3, 0.4) is 0 Å². The van der Waals surface area contributed by atoms with E-state index in [1.807, 2.05) is 6.92 Å². The lowest BCUT2D eigenvalue weighted by Gasteiger charge is -2.11. The van der Waals surface area contributed by atoms with Gasteiger partial charge in [0.15, 0.2) is 0 Å². The minimum atomic E-state index is 0. The van der Waals surface area contributed by atoms with Gasteiger partial charge in [0.2, 0.25) is 0 Å². The summed E-state index contributed by atoms with van der Waals surface area (Å²) in [6.07, 6.45) is 0.675. The van der Waals surface area contributed by atoms with Gasteiger partial charge in [-0.05, 0) is 31.0 Å². The Balaban J connectivity index is 0.00000144. The average molecular weight is 254 g/mol. The number of fused-ring (bicyclic) bond motifs is 1. The molecule has 17 heavy (non-hydrogen) atoms. The average Bonchev–Trinajstić information content (AvgIpc) is 2.22. The van der Waals surface area contributed by atoms with E-state index in [-0.39, 0.29) is 29.9 Å². The van der Waals surface area contributed by atoms with Crippen molar-refractivity contribution in [1.29, 1.82) is 0 Å². The van der Waals surface area contributed by atoms with Gasteiger partial charge >= 0.3 is 0 Å². The zero-order chi connectivity index (χ0) is 11.7. The number of phenolic OH excluding ortho intramolecular Hbond substituents is 2. The van der Waals surface area contributed by atoms with Crippen LogP contribution in [0.4, 0.5) is 0 Å². The number of phenols is 2. The molecule has 0 bridgehead atoms. The molecule has 4 heteroatoms. The van der Waals surface area contributed by atoms with Crippen molar-refractivity contribution in [1.82, 2.24) is 0 Å². The minimum Gasteiger partial charge on any atom is -0.507 e. The molecule has 0 radical (unpaired) electrons. The quantitative estimate of drug-likeness (QED) is 0.771. The van der Waals surface area contributed by atoms with Crippen molar-refractivity contribution in [3.05, 3.63) is 35.9 Å². The molecule has 0 saturated heterocycles. The van der Waals surface area contributed by atoms with E-state index in [9.17, 15) is 10.2 Å². The summed E-state index contributed by atoms with van der Waals surface area (Å²) >= 11 is 0. The second kappa shape index (κ2) is 5.25. The summed E-state index contributed by atoms with van der Waals surface area (Å²) in [7, 11) is 0. The van der Waals surface area contributed by atoms with E-state index in [1.165, 1.54) is 0 Å². The third-order valence-corrected chi connectivity index (χ3v) is 2.62. The summed E-state index contributed by atoms with van der Waals surface area (Å²) < 4.78 is 0. The van der Waals surface area contributed by atoms with Gasteiger partial charge in [-0.25, -0.2) is 0 Å². The molecule has 0 heterocycles. The van der Waals surface area contributed by atoms with Crippen LogP contribution in [0.5, 0.6) is 11.5 Å². The van der Waals surface area contributed by atoms with Crippen molar-refractivity contribution in [3.8, 4) is 11.5 Å². The van der Waals surface area contributed by atoms with Gasteiger partial charge in [0.25, 0.3) is 0 Å². The summed E-state index contributed by atoms with van der Waals surface area (Å²) in [5.74, 6) is 0.364. The third-order valence-electron chi connectivity index (χ3n) is 2.62. The predicted octanol–water partition coefficient (Wildman–Crippen LogP) is 2.56. The van der Waals surface area contributed by atoms with Crippen molar-refractivity contribution in [2.24, 2.45) is 5.73 Å². The molecular formula is C13H16ClNO2. The largest absolute Gasteiger partial charge is 0.507 e. The molecule has 1 atom stereocenters. The van der Waals surface area contributed by atoms with Gasteiger partial charge in [0.1, 0.15) is 11.5 Å². The van der Waals surface area contributed by atoms with Gasteiger partial charge in [-0.2, -0.15) is 0 Å². The molecule has 2 aromatic carbocycles. The van der Waals surface area contributed by atoms with E-state index in [2.05, 4.69) is 0 Å². The van der Waals surface area contributed by atoms with Gasteiger partial charge in [-0.15, -0.1) is 12.4 Å². The maximum Gasteiger partial charge on any atom is 0.123 e. The minimum absolute atomic E-state index is 0. The Bertz CT molecular complexity index is 526. The standard InChI is InChI=1S/C13H15NO2.ClH/c1-8(14)7-9-5-6-11(15)10-3-2-4-12(16)13(9)10;/h2-6,8,15-16H,7,14H2,1H3;1H. The Kier molecular flexibility index (Phi) is 4.21. The van der Waals surface area contributed by atoms with E-state index < -0.39 is 0 Å². The second-order valence-corrected chi connectivity index (χ2v) is 4.12. The maximum absolute atomic E-state index is 9.84. The molecule has 0 amide bonds. The monoisotopic (exact) mass is 253 g/mol. The molecule has 0 spiro atoms. The van der Waals surface area contributed by atoms with Crippen LogP contribution >= 0.6 is 12.4 Å². The highest BCUT2D eigenvalue weighted by Crippen LogP contribution is 2.34. The molecule has 0 aliphatic heterocycles. The van der Waals surface area contributed by atoms with Crippen molar-refractivity contribution in [2.75, 3.05) is 0 Å². The Labute approximate surface area is 106 Å². The molecule has 2 rings (SSSR count). The van der Waals surface area contributed by atoms with Crippen LogP contribution in [0, 0.1) is 0 Å². The van der Waals surface area contributed by atoms with Crippen LogP contribution < -0.4 is 5.73 Å². The van der Waals surface area contributed by atoms with E-state index in [0.29, 0.717) is 17.2 Å². The van der Waals surface area contributed by atoms with Crippen molar-refractivity contribution < 1.29 is 10.2 Å². The molecule has 4 N–H and O–H groups in total. The Morgan fingerprint density at radius 2 is 1.82 bits per heavy atom. The first-order chi connectivity index (χ1) is 7.59. The van der Waals surface area contributed by atoms with Gasteiger partial charge in [0.05, 0.1) is 0 Å². The van der Waals surface area contributed by atoms with Crippen LogP contribution in [0.1, 0.15) is 12.5 Å². The summed E-state index contributed by atoms with van der Waals surface area (Å²) in [6, 6.07) is 8.58. The molecule has 2 aromatic rings. The molecule has 0 aliphatic carbocycles. The lowest BCUT2D eigenvalue weighted by molar-refractivity contribution is 0.475. The zero-order valence-electron chi connectivity index (χ0n) is 9.55. The number of halogens is 1. The topological polar surface area (TPSA) is 66.5 Å². The zero-order valence-corrected chi connectivity index (χ0v) is 10.4. The van der Waals surface area contributed by atoms with Crippen LogP contribution in [0.25, 0.3) is 10.8 Å². The Hall–Kier alpha value is -1.45. The molecule has 0 aromatic heterocycles. The smallest absolute Gasteiger partial charge is 0.123 e. The summed E-state index contributed by atoms with van der Waals surface area (Å²) in [5.41, 5.74) is 6.72. The first-order valence-corrected chi connectivity index (χ1v) is 5.27. The van der Waals surface area contributed by atoms with E-state index in [0.717, 1.165) is 5.56 Å². The van der Waals surface area contributed by atoms with Gasteiger partial charge in [-0.3, -0.25) is 0 Å². The highest BCUT2D eigenvalue weighted by molar-refractivity contribution is 5.95. The molecule has 3 nitrogen and oxygen atoms in total. The molecule has 0 fully saturated rings. The number of hydrogen-bond donors (Lipinski definition) is 3. The van der Waals surface area contributed by atoms with E-state index in [1.54, 1.807) is 30.3 Å². The van der Waals surface area contributed by atoms with Crippen LogP contribution in [0.2, 0.25) is 0 Å². The van der Waals surface area contributed by atoms with Crippen molar-refractivity contribution in [3.63, 3.8) is 0 Å². The number of rotatable bonds is 2. The fourth-order valence-corrected chi connectivity index (χ4v) is 1.96. The predicted molar refractivity (Wildman–Crippen MR) is 71.9 cm³/mol. The van der Waals surface area contributed by atoms with Crippen molar-refractivity contribution >= 4 is 23.2 Å². The normalized spacial score (nSPS) is 12.1. The summed E-state index contributed by atoms with van der Waals surface area (Å²) in [5, 5.41) is 20.9. The van der Waals surface area contributed by atoms with Crippen LogP contribution in [0.15, 0.2) is 30.3 Å². The first kappa shape index (κ1) is 13.6. The molecular weight excluding hydrogens is 238 g/mol. The molecule has 0 saturated carbocycles. The van der Waals surface area contributed by atoms with Gasteiger partial charge in [-0.1, -0.05) is 18.2 Å². The SMILES string of the molecule is CC(N)Cc1ccc(O)c2cccc(O)c12.Cl. The lowest BCUT2D eigenvalue weighted by atomic mass is 9.98. The Morgan fingerprint density at radius 1 is 1.12 bits per heavy atom. The third kappa shape index (κ3) is 2.62. The highest BCUT2D eigenvalue weighted by atomic mass is 35.5. The first-order valence-electron chi connectivity index (χ1n) is 5.27. The van der Waals surface area contributed by atoms with Crippen molar-refractivity contribution in [2.45, 2.75) is 19.4 Å². The van der Waals surface area contributed by atoms with Gasteiger partial charge < -0.3 is 15.9 Å². The van der Waals surface area contributed by atoms with Crippen LogP contribution in [-0.2, 0) is 6.42 Å². The number of nitrogens with two attached hydrogens (primary N) is 1. The number of hydrogen-bond acceptors (Lipinski definition) is 3. The molecule has 0 aliphatic rings. The number of aromatic hydroxyl groups is 2. The summed E-state index contributed by atoms with van der Waals surface area (Å²) in [6.45, 7) is 1.92. The summed E-state index contributed by atoms with van der Waals surface area (Å²) in [4.78, 5) is 0. The molecule has 92 valence electrons. The fourth-order valence-electron chi connectivity index (χ4n) is 1.96. The van der Waals surface area contributed by atoms with E-state index >= 15 is 0 Å². The molecule has 1 unspecified atom stereocenters.